The van der Waals surface area contributed by atoms with Crippen LogP contribution in [0.1, 0.15) is 32.9 Å². The highest BCUT2D eigenvalue weighted by atomic mass is 16.2. The number of Topliss-reactive ketones (excluding diaryl/α,β-unsaturated/α-hetero) is 1. The van der Waals surface area contributed by atoms with Crippen LogP contribution in [0.2, 0.25) is 0 Å². The van der Waals surface area contributed by atoms with E-state index in [0.717, 1.165) is 16.8 Å². The highest BCUT2D eigenvalue weighted by Gasteiger charge is 2.27. The summed E-state index contributed by atoms with van der Waals surface area (Å²) in [4.78, 5) is 27.1. The molecular formula is C22H23N3O2. The predicted octanol–water partition coefficient (Wildman–Crippen LogP) is 3.64. The molecule has 5 nitrogen and oxygen atoms in total. The van der Waals surface area contributed by atoms with Crippen molar-refractivity contribution in [1.82, 2.24) is 14.7 Å². The van der Waals surface area contributed by atoms with Crippen molar-refractivity contribution in [3.8, 4) is 5.69 Å². The van der Waals surface area contributed by atoms with Crippen molar-refractivity contribution >= 4 is 11.7 Å². The molecule has 0 unspecified atom stereocenters. The number of amides is 1. The maximum atomic E-state index is 12.9. The van der Waals surface area contributed by atoms with E-state index in [4.69, 9.17) is 0 Å². The topological polar surface area (TPSA) is 55.2 Å². The summed E-state index contributed by atoms with van der Waals surface area (Å²) in [6.45, 7) is 5.96. The van der Waals surface area contributed by atoms with Crippen molar-refractivity contribution in [3.63, 3.8) is 0 Å². The van der Waals surface area contributed by atoms with Crippen LogP contribution in [0.4, 0.5) is 0 Å². The summed E-state index contributed by atoms with van der Waals surface area (Å²) in [6.07, 6.45) is 0. The lowest BCUT2D eigenvalue weighted by Gasteiger charge is -2.17. The average molecular weight is 361 g/mol. The first-order chi connectivity index (χ1) is 12.9. The number of benzene rings is 2. The molecule has 0 aliphatic rings. The molecule has 0 fully saturated rings. The normalized spacial score (nSPS) is 10.7. The van der Waals surface area contributed by atoms with Crippen LogP contribution in [0, 0.1) is 20.8 Å². The maximum absolute atomic E-state index is 12.9. The molecule has 1 heterocycles. The van der Waals surface area contributed by atoms with Crippen LogP contribution in [-0.2, 0) is 11.3 Å². The second-order valence-electron chi connectivity index (χ2n) is 6.71. The first-order valence-corrected chi connectivity index (χ1v) is 8.86. The third kappa shape index (κ3) is 3.67. The first-order valence-electron chi connectivity index (χ1n) is 8.86. The Morgan fingerprint density at radius 1 is 0.963 bits per heavy atom. The quantitative estimate of drug-likeness (QED) is 0.515. The summed E-state index contributed by atoms with van der Waals surface area (Å²) in [5, 5.41) is 4.47. The lowest BCUT2D eigenvalue weighted by atomic mass is 10.1. The Bertz CT molecular complexity index is 990. The lowest BCUT2D eigenvalue weighted by molar-refractivity contribution is -0.125. The molecule has 3 aromatic rings. The van der Waals surface area contributed by atoms with E-state index in [0.29, 0.717) is 23.5 Å². The Kier molecular flexibility index (Phi) is 5.21. The molecule has 0 aliphatic carbocycles. The van der Waals surface area contributed by atoms with Gasteiger partial charge in [0.2, 0.25) is 0 Å². The molecule has 1 aromatic heterocycles. The number of carbonyl (C=O) groups excluding carboxylic acids is 2. The molecule has 0 radical (unpaired) electrons. The summed E-state index contributed by atoms with van der Waals surface area (Å²) in [5.74, 6) is -1.06. The number of hydrogen-bond donors (Lipinski definition) is 0. The summed E-state index contributed by atoms with van der Waals surface area (Å²) >= 11 is 0. The van der Waals surface area contributed by atoms with Crippen molar-refractivity contribution in [2.75, 3.05) is 7.05 Å². The number of carbonyl (C=O) groups is 2. The van der Waals surface area contributed by atoms with Gasteiger partial charge in [-0.25, -0.2) is 4.68 Å². The van der Waals surface area contributed by atoms with Gasteiger partial charge in [0.15, 0.2) is 0 Å². The summed E-state index contributed by atoms with van der Waals surface area (Å²) in [7, 11) is 1.65. The number of ketones is 1. The SMILES string of the molecule is Cc1ccccc1CN(C)C(=O)C(=O)c1c(C)nn(-c2ccccc2)c1C. The van der Waals surface area contributed by atoms with Crippen molar-refractivity contribution < 1.29 is 9.59 Å². The molecule has 0 atom stereocenters. The molecule has 0 spiro atoms. The van der Waals surface area contributed by atoms with Crippen molar-refractivity contribution in [1.29, 1.82) is 0 Å². The van der Waals surface area contributed by atoms with Crippen LogP contribution < -0.4 is 0 Å². The second kappa shape index (κ2) is 7.58. The van der Waals surface area contributed by atoms with Crippen LogP contribution in [0.15, 0.2) is 54.6 Å². The van der Waals surface area contributed by atoms with Gasteiger partial charge >= 0.3 is 0 Å². The fourth-order valence-corrected chi connectivity index (χ4v) is 3.19. The third-order valence-corrected chi connectivity index (χ3v) is 4.73. The van der Waals surface area contributed by atoms with Crippen LogP contribution in [0.3, 0.4) is 0 Å². The Labute approximate surface area is 159 Å². The maximum Gasteiger partial charge on any atom is 0.295 e. The first kappa shape index (κ1) is 18.6. The zero-order valence-corrected chi connectivity index (χ0v) is 16.1. The molecular weight excluding hydrogens is 338 g/mol. The fourth-order valence-electron chi connectivity index (χ4n) is 3.19. The number of aryl methyl sites for hydroxylation is 2. The molecule has 3 rings (SSSR count). The lowest BCUT2D eigenvalue weighted by Crippen LogP contribution is -2.33. The van der Waals surface area contributed by atoms with Gasteiger partial charge in [-0.1, -0.05) is 42.5 Å². The number of para-hydroxylation sites is 1. The van der Waals surface area contributed by atoms with Gasteiger partial charge in [-0.15, -0.1) is 0 Å². The second-order valence-corrected chi connectivity index (χ2v) is 6.71. The number of rotatable bonds is 5. The Morgan fingerprint density at radius 2 is 1.59 bits per heavy atom. The third-order valence-electron chi connectivity index (χ3n) is 4.73. The van der Waals surface area contributed by atoms with Gasteiger partial charge in [0.1, 0.15) is 0 Å². The smallest absolute Gasteiger partial charge is 0.295 e. The Balaban J connectivity index is 1.86. The van der Waals surface area contributed by atoms with Gasteiger partial charge in [-0.05, 0) is 44.0 Å². The van der Waals surface area contributed by atoms with Gasteiger partial charge in [-0.3, -0.25) is 9.59 Å². The van der Waals surface area contributed by atoms with E-state index in [1.807, 2.05) is 68.4 Å². The monoisotopic (exact) mass is 361 g/mol. The predicted molar refractivity (Wildman–Crippen MR) is 105 cm³/mol. The highest BCUT2D eigenvalue weighted by molar-refractivity contribution is 6.43. The number of hydrogen-bond acceptors (Lipinski definition) is 3. The van der Waals surface area contributed by atoms with E-state index in [1.165, 1.54) is 4.90 Å². The molecule has 0 N–H and O–H groups in total. The van der Waals surface area contributed by atoms with E-state index < -0.39 is 11.7 Å². The molecule has 0 aliphatic heterocycles. The molecule has 2 aromatic carbocycles. The molecule has 0 saturated carbocycles. The van der Waals surface area contributed by atoms with E-state index in [1.54, 1.807) is 18.7 Å². The van der Waals surface area contributed by atoms with Gasteiger partial charge in [0.25, 0.3) is 11.7 Å². The summed E-state index contributed by atoms with van der Waals surface area (Å²) < 4.78 is 1.71. The zero-order chi connectivity index (χ0) is 19.6. The number of nitrogens with zero attached hydrogens (tertiary/aromatic N) is 3. The number of likely N-dealkylation sites (N-methyl/N-ethyl adjacent to an activating group) is 1. The molecule has 27 heavy (non-hydrogen) atoms. The van der Waals surface area contributed by atoms with Gasteiger partial charge in [-0.2, -0.15) is 5.10 Å². The molecule has 1 amide bonds. The Hall–Kier alpha value is -3.21. The minimum Gasteiger partial charge on any atom is -0.335 e. The van der Waals surface area contributed by atoms with Crippen molar-refractivity contribution in [3.05, 3.63) is 82.7 Å². The molecule has 5 heteroatoms. The van der Waals surface area contributed by atoms with Crippen LogP contribution in [0.5, 0.6) is 0 Å². The highest BCUT2D eigenvalue weighted by Crippen LogP contribution is 2.19. The molecule has 138 valence electrons. The van der Waals surface area contributed by atoms with Crippen molar-refractivity contribution in [2.45, 2.75) is 27.3 Å². The summed E-state index contributed by atoms with van der Waals surface area (Å²) in [6, 6.07) is 17.4. The van der Waals surface area contributed by atoms with E-state index in [9.17, 15) is 9.59 Å². The molecule has 0 saturated heterocycles. The molecule has 0 bridgehead atoms. The van der Waals surface area contributed by atoms with E-state index in [2.05, 4.69) is 5.10 Å². The minimum absolute atomic E-state index is 0.375. The van der Waals surface area contributed by atoms with Gasteiger partial charge in [0.05, 0.1) is 22.6 Å². The fraction of sp³-hybridized carbons (Fsp3) is 0.227. The zero-order valence-electron chi connectivity index (χ0n) is 16.1. The average Bonchev–Trinajstić information content (AvgIpc) is 2.97. The minimum atomic E-state index is -0.530. The van der Waals surface area contributed by atoms with Crippen molar-refractivity contribution in [2.24, 2.45) is 0 Å². The van der Waals surface area contributed by atoms with Crippen LogP contribution in [-0.4, -0.2) is 33.4 Å². The standard InChI is InChI=1S/C22H23N3O2/c1-15-10-8-9-11-18(15)14-24(4)22(27)21(26)20-16(2)23-25(17(20)3)19-12-6-5-7-13-19/h5-13H,14H2,1-4H3. The van der Waals surface area contributed by atoms with E-state index in [-0.39, 0.29) is 0 Å². The van der Waals surface area contributed by atoms with Crippen LogP contribution in [0.25, 0.3) is 5.69 Å². The Morgan fingerprint density at radius 3 is 2.26 bits per heavy atom. The van der Waals surface area contributed by atoms with E-state index >= 15 is 0 Å². The largest absolute Gasteiger partial charge is 0.335 e. The van der Waals surface area contributed by atoms with Gasteiger partial charge in [0, 0.05) is 13.6 Å². The number of aromatic nitrogens is 2. The summed E-state index contributed by atoms with van der Waals surface area (Å²) in [5.41, 5.74) is 4.57. The van der Waals surface area contributed by atoms with Gasteiger partial charge < -0.3 is 4.90 Å². The van der Waals surface area contributed by atoms with Crippen LogP contribution >= 0.6 is 0 Å².